The van der Waals surface area contributed by atoms with E-state index in [4.69, 9.17) is 0 Å². The monoisotopic (exact) mass is 294 g/mol. The van der Waals surface area contributed by atoms with Crippen molar-refractivity contribution in [1.29, 1.82) is 0 Å². The van der Waals surface area contributed by atoms with Crippen LogP contribution in [0.4, 0.5) is 13.2 Å². The zero-order valence-electron chi connectivity index (χ0n) is 9.05. The van der Waals surface area contributed by atoms with E-state index in [1.54, 1.807) is 0 Å². The fourth-order valence-corrected chi connectivity index (χ4v) is 3.64. The molecule has 0 heterocycles. The van der Waals surface area contributed by atoms with Crippen LogP contribution in [0, 0.1) is 5.08 Å². The second-order valence-electron chi connectivity index (χ2n) is 2.95. The van der Waals surface area contributed by atoms with Crippen LogP contribution in [0.3, 0.4) is 0 Å². The van der Waals surface area contributed by atoms with E-state index in [9.17, 15) is 30.0 Å². The van der Waals surface area contributed by atoms with Gasteiger partial charge in [-0.2, -0.15) is 13.2 Å². The maximum atomic E-state index is 12.0. The predicted molar refractivity (Wildman–Crippen MR) is 52.9 cm³/mol. The van der Waals surface area contributed by atoms with E-state index < -0.39 is 35.2 Å². The summed E-state index contributed by atoms with van der Waals surface area (Å²) >= 11 is 0. The summed E-state index contributed by atoms with van der Waals surface area (Å²) in [7, 11) is -10.5. The first kappa shape index (κ1) is 17.5. The Morgan fingerprint density at radius 3 is 1.78 bits per heavy atom. The van der Waals surface area contributed by atoms with Crippen LogP contribution in [0.2, 0.25) is 0 Å². The first-order valence-electron chi connectivity index (χ1n) is 4.02. The normalized spacial score (nSPS) is 12.8. The third-order valence-corrected chi connectivity index (χ3v) is 5.25. The summed E-state index contributed by atoms with van der Waals surface area (Å²) in [5, 5.41) is -0.685. The average molecular weight is 294 g/mol. The molecule has 0 radical (unpaired) electrons. The van der Waals surface area contributed by atoms with Crippen LogP contribution >= 0.6 is 0 Å². The Morgan fingerprint density at radius 1 is 0.944 bits per heavy atom. The Morgan fingerprint density at radius 2 is 1.39 bits per heavy atom. The quantitative estimate of drug-likeness (QED) is 0.503. The number of benzene rings is 1. The number of alkyl halides is 3. The van der Waals surface area contributed by atoms with Gasteiger partial charge in [-0.3, -0.25) is 16.8 Å². The summed E-state index contributed by atoms with van der Waals surface area (Å²) in [6.45, 7) is 0. The Balaban J connectivity index is 0.00000289. The van der Waals surface area contributed by atoms with E-state index in [2.05, 4.69) is 0 Å². The molecule has 0 fully saturated rings. The van der Waals surface area contributed by atoms with E-state index >= 15 is 0 Å². The van der Waals surface area contributed by atoms with Gasteiger partial charge < -0.3 is 0 Å². The molecule has 0 N–H and O–H groups in total. The smallest absolute Gasteiger partial charge is 0.256 e. The molecule has 0 amide bonds. The molecule has 0 bridgehead atoms. The van der Waals surface area contributed by atoms with Crippen LogP contribution in [0.5, 0.6) is 0 Å². The molecule has 0 saturated carbocycles. The van der Waals surface area contributed by atoms with Crippen molar-refractivity contribution >= 4 is 19.7 Å². The van der Waals surface area contributed by atoms with Crippen molar-refractivity contribution < 1.29 is 48.9 Å². The molecular formula is C8H6F3LiO4S2. The van der Waals surface area contributed by atoms with Crippen LogP contribution < -0.4 is 18.9 Å². The minimum absolute atomic E-state index is 0. The predicted octanol–water partition coefficient (Wildman–Crippen LogP) is -1.48. The Labute approximate surface area is 114 Å². The van der Waals surface area contributed by atoms with Gasteiger partial charge in [-0.1, -0.05) is 23.3 Å². The second-order valence-corrected chi connectivity index (χ2v) is 6.83. The maximum absolute atomic E-state index is 12.0. The first-order valence-corrected chi connectivity index (χ1v) is 7.12. The van der Waals surface area contributed by atoms with E-state index in [1.165, 1.54) is 18.2 Å². The van der Waals surface area contributed by atoms with Crippen molar-refractivity contribution in [3.63, 3.8) is 0 Å². The van der Waals surface area contributed by atoms with Gasteiger partial charge in [-0.25, -0.2) is 0 Å². The van der Waals surface area contributed by atoms with Gasteiger partial charge >= 0.3 is 24.4 Å². The molecule has 10 heteroatoms. The number of sulfone groups is 2. The van der Waals surface area contributed by atoms with Gasteiger partial charge in [-0.05, 0) is 12.1 Å². The number of hydrogen-bond acceptors (Lipinski definition) is 4. The van der Waals surface area contributed by atoms with Crippen molar-refractivity contribution in [1.82, 2.24) is 0 Å². The van der Waals surface area contributed by atoms with Crippen molar-refractivity contribution in [2.75, 3.05) is 0 Å². The van der Waals surface area contributed by atoms with E-state index in [-0.39, 0.29) is 18.9 Å². The number of rotatable bonds is 3. The van der Waals surface area contributed by atoms with Crippen molar-refractivity contribution in [2.24, 2.45) is 0 Å². The molecule has 96 valence electrons. The molecule has 1 aromatic carbocycles. The molecular weight excluding hydrogens is 288 g/mol. The topological polar surface area (TPSA) is 68.3 Å². The van der Waals surface area contributed by atoms with Crippen LogP contribution in [0.15, 0.2) is 35.2 Å². The van der Waals surface area contributed by atoms with Crippen molar-refractivity contribution in [3.05, 3.63) is 35.4 Å². The SMILES string of the molecule is O=S(=O)([CH-]S(=O)(=O)C(F)(F)F)c1ccccc1.[Li+]. The molecule has 0 unspecified atom stereocenters. The Hall–Kier alpha value is -0.493. The minimum atomic E-state index is -5.82. The van der Waals surface area contributed by atoms with Gasteiger partial charge in [0, 0.05) is 4.90 Å². The fourth-order valence-electron chi connectivity index (χ4n) is 0.887. The molecule has 0 aromatic heterocycles. The molecule has 1 aromatic rings. The van der Waals surface area contributed by atoms with Gasteiger partial charge in [0.25, 0.3) is 0 Å². The van der Waals surface area contributed by atoms with Gasteiger partial charge in [-0.15, -0.1) is 0 Å². The van der Waals surface area contributed by atoms with Gasteiger partial charge in [0.05, 0.1) is 9.84 Å². The van der Waals surface area contributed by atoms with E-state index in [0.717, 1.165) is 12.1 Å². The molecule has 0 aliphatic rings. The Bertz CT molecular complexity index is 593. The number of hydrogen-bond donors (Lipinski definition) is 0. The summed E-state index contributed by atoms with van der Waals surface area (Å²) in [4.78, 5) is -0.521. The molecule has 1 rings (SSSR count). The van der Waals surface area contributed by atoms with Gasteiger partial charge in [0.2, 0.25) is 0 Å². The Kier molecular flexibility index (Phi) is 5.50. The molecule has 0 spiro atoms. The van der Waals surface area contributed by atoms with Crippen LogP contribution in [0.25, 0.3) is 0 Å². The standard InChI is InChI=1S/C8H6F3O4S2.Li/c9-8(10,11)17(14,15)6-16(12,13)7-4-2-1-3-5-7;/h1-6H;/q-1;+1. The molecule has 18 heavy (non-hydrogen) atoms. The molecule has 0 saturated heterocycles. The average Bonchev–Trinajstić information content (AvgIpc) is 2.15. The largest absolute Gasteiger partial charge is 1.00 e. The van der Waals surface area contributed by atoms with E-state index in [0.29, 0.717) is 0 Å². The number of halogens is 3. The summed E-state index contributed by atoms with van der Waals surface area (Å²) < 4.78 is 80.1. The van der Waals surface area contributed by atoms with Crippen molar-refractivity contribution in [3.8, 4) is 0 Å². The summed E-state index contributed by atoms with van der Waals surface area (Å²) in [5.41, 5.74) is -5.63. The fraction of sp³-hybridized carbons (Fsp3) is 0.125. The second kappa shape index (κ2) is 5.65. The van der Waals surface area contributed by atoms with E-state index in [1.807, 2.05) is 0 Å². The summed E-state index contributed by atoms with van der Waals surface area (Å²) in [6, 6.07) is 5.97. The first-order chi connectivity index (χ1) is 7.56. The van der Waals surface area contributed by atoms with Crippen LogP contribution in [0.1, 0.15) is 0 Å². The third-order valence-electron chi connectivity index (χ3n) is 1.65. The summed E-state index contributed by atoms with van der Waals surface area (Å²) in [6.07, 6.45) is 0. The van der Waals surface area contributed by atoms with Crippen LogP contribution in [-0.4, -0.2) is 22.3 Å². The van der Waals surface area contributed by atoms with Gasteiger partial charge in [0.1, 0.15) is 9.84 Å². The molecule has 0 aliphatic carbocycles. The van der Waals surface area contributed by atoms with Crippen LogP contribution in [-0.2, 0) is 19.7 Å². The zero-order chi connectivity index (χ0) is 13.3. The van der Waals surface area contributed by atoms with Crippen molar-refractivity contribution in [2.45, 2.75) is 10.4 Å². The third kappa shape index (κ3) is 4.02. The molecule has 0 aliphatic heterocycles. The molecule has 4 nitrogen and oxygen atoms in total. The summed E-state index contributed by atoms with van der Waals surface area (Å²) in [5.74, 6) is 0. The molecule has 0 atom stereocenters. The minimum Gasteiger partial charge on any atom is -0.256 e. The zero-order valence-corrected chi connectivity index (χ0v) is 10.7. The maximum Gasteiger partial charge on any atom is 1.00 e. The van der Waals surface area contributed by atoms with Gasteiger partial charge in [0.15, 0.2) is 0 Å².